The first kappa shape index (κ1) is 17.4. The fraction of sp³-hybridized carbons (Fsp3) is 0.200. The number of hydrogen-bond acceptors (Lipinski definition) is 5. The van der Waals surface area contributed by atoms with Gasteiger partial charge in [0.25, 0.3) is 5.91 Å². The van der Waals surface area contributed by atoms with Gasteiger partial charge in [0.05, 0.1) is 24.0 Å². The molecule has 1 heterocycles. The highest BCUT2D eigenvalue weighted by atomic mass is 19.4. The van der Waals surface area contributed by atoms with Gasteiger partial charge in [0.1, 0.15) is 12.8 Å². The van der Waals surface area contributed by atoms with Crippen LogP contribution in [0.25, 0.3) is 0 Å². The van der Waals surface area contributed by atoms with Gasteiger partial charge in [-0.15, -0.1) is 0 Å². The number of methoxy groups -OCH3 is 1. The van der Waals surface area contributed by atoms with Crippen LogP contribution in [-0.2, 0) is 4.74 Å². The quantitative estimate of drug-likeness (QED) is 0.815. The number of ether oxygens (including phenoxy) is 1. The van der Waals surface area contributed by atoms with Gasteiger partial charge in [0.15, 0.2) is 5.76 Å². The Labute approximate surface area is 134 Å². The number of hydrogen-bond donors (Lipinski definition) is 2. The van der Waals surface area contributed by atoms with Gasteiger partial charge in [-0.05, 0) is 12.1 Å². The monoisotopic (exact) mass is 342 g/mol. The smallest absolute Gasteiger partial charge is 0.405 e. The maximum atomic E-state index is 12.3. The second kappa shape index (κ2) is 7.07. The molecule has 9 heteroatoms. The standard InChI is InChI=1S/C15H13F3N2O4/c1-23-14(22)9-6-12(24-7-9)13(21)20-11-5-3-2-4-10(11)19-8-15(16,17)18/h2-7,19H,8H2,1H3,(H,20,21). The van der Waals surface area contributed by atoms with E-state index in [0.29, 0.717) is 0 Å². The van der Waals surface area contributed by atoms with Gasteiger partial charge >= 0.3 is 12.1 Å². The summed E-state index contributed by atoms with van der Waals surface area (Å²) in [4.78, 5) is 23.4. The third-order valence-corrected chi connectivity index (χ3v) is 2.90. The molecular weight excluding hydrogens is 329 g/mol. The zero-order valence-corrected chi connectivity index (χ0v) is 12.4. The van der Waals surface area contributed by atoms with Crippen LogP contribution >= 0.6 is 0 Å². The first-order chi connectivity index (χ1) is 11.3. The molecule has 0 fully saturated rings. The van der Waals surface area contributed by atoms with Crippen LogP contribution in [0.3, 0.4) is 0 Å². The Bertz CT molecular complexity index is 740. The van der Waals surface area contributed by atoms with Crippen molar-refractivity contribution in [1.29, 1.82) is 0 Å². The summed E-state index contributed by atoms with van der Waals surface area (Å²) >= 11 is 0. The minimum absolute atomic E-state index is 0.0473. The lowest BCUT2D eigenvalue weighted by Gasteiger charge is -2.13. The molecule has 2 rings (SSSR count). The van der Waals surface area contributed by atoms with E-state index < -0.39 is 24.6 Å². The number of rotatable bonds is 5. The number of esters is 1. The van der Waals surface area contributed by atoms with Crippen LogP contribution in [0.1, 0.15) is 20.9 Å². The van der Waals surface area contributed by atoms with E-state index in [4.69, 9.17) is 4.42 Å². The third kappa shape index (κ3) is 4.51. The molecule has 0 radical (unpaired) electrons. The summed E-state index contributed by atoms with van der Waals surface area (Å²) in [5, 5.41) is 4.62. The summed E-state index contributed by atoms with van der Waals surface area (Å²) in [6.45, 7) is -1.24. The first-order valence-corrected chi connectivity index (χ1v) is 6.68. The van der Waals surface area contributed by atoms with Crippen molar-refractivity contribution in [3.05, 3.63) is 47.9 Å². The molecule has 1 aromatic heterocycles. The average Bonchev–Trinajstić information content (AvgIpc) is 3.02. The maximum Gasteiger partial charge on any atom is 0.405 e. The number of furan rings is 1. The van der Waals surface area contributed by atoms with Crippen LogP contribution < -0.4 is 10.6 Å². The number of alkyl halides is 3. The molecule has 0 atom stereocenters. The zero-order valence-electron chi connectivity index (χ0n) is 12.4. The van der Waals surface area contributed by atoms with Crippen LogP contribution in [0.4, 0.5) is 24.5 Å². The normalized spacial score (nSPS) is 11.0. The van der Waals surface area contributed by atoms with Crippen molar-refractivity contribution < 1.29 is 31.9 Å². The molecule has 0 aliphatic carbocycles. The van der Waals surface area contributed by atoms with Gasteiger partial charge in [-0.1, -0.05) is 12.1 Å². The summed E-state index contributed by atoms with van der Waals surface area (Å²) < 4.78 is 46.4. The lowest BCUT2D eigenvalue weighted by Crippen LogP contribution is -2.22. The fourth-order valence-electron chi connectivity index (χ4n) is 1.81. The number of anilines is 2. The maximum absolute atomic E-state index is 12.3. The molecule has 0 spiro atoms. The molecular formula is C15H13F3N2O4. The van der Waals surface area contributed by atoms with Crippen molar-refractivity contribution in [2.45, 2.75) is 6.18 Å². The Hall–Kier alpha value is -2.97. The molecule has 2 aromatic rings. The number of benzene rings is 1. The molecule has 0 bridgehead atoms. The van der Waals surface area contributed by atoms with Crippen molar-refractivity contribution in [2.75, 3.05) is 24.3 Å². The summed E-state index contributed by atoms with van der Waals surface area (Å²) in [5.41, 5.74) is 0.289. The average molecular weight is 342 g/mol. The molecule has 0 saturated heterocycles. The van der Waals surface area contributed by atoms with Crippen molar-refractivity contribution in [3.8, 4) is 0 Å². The molecule has 0 saturated carbocycles. The highest BCUT2D eigenvalue weighted by Crippen LogP contribution is 2.24. The van der Waals surface area contributed by atoms with Crippen LogP contribution in [0.2, 0.25) is 0 Å². The molecule has 1 amide bonds. The van der Waals surface area contributed by atoms with E-state index >= 15 is 0 Å². The number of halogens is 3. The highest BCUT2D eigenvalue weighted by molar-refractivity contribution is 6.05. The van der Waals surface area contributed by atoms with Gasteiger partial charge < -0.3 is 19.8 Å². The van der Waals surface area contributed by atoms with Crippen molar-refractivity contribution >= 4 is 23.3 Å². The Kier molecular flexibility index (Phi) is 5.12. The zero-order chi connectivity index (χ0) is 17.7. The van der Waals surface area contributed by atoms with Crippen LogP contribution in [-0.4, -0.2) is 31.7 Å². The predicted molar refractivity (Wildman–Crippen MR) is 79.0 cm³/mol. The van der Waals surface area contributed by atoms with Crippen molar-refractivity contribution in [2.24, 2.45) is 0 Å². The molecule has 6 nitrogen and oxygen atoms in total. The first-order valence-electron chi connectivity index (χ1n) is 6.68. The van der Waals surface area contributed by atoms with Gasteiger partial charge in [-0.3, -0.25) is 4.79 Å². The number of amides is 1. The molecule has 0 aliphatic heterocycles. The Morgan fingerprint density at radius 3 is 2.50 bits per heavy atom. The minimum atomic E-state index is -4.40. The predicted octanol–water partition coefficient (Wildman–Crippen LogP) is 3.29. The van der Waals surface area contributed by atoms with Crippen molar-refractivity contribution in [1.82, 2.24) is 0 Å². The second-order valence-corrected chi connectivity index (χ2v) is 4.66. The summed E-state index contributed by atoms with van der Waals surface area (Å²) in [7, 11) is 1.18. The summed E-state index contributed by atoms with van der Waals surface area (Å²) in [6, 6.07) is 7.07. The topological polar surface area (TPSA) is 80.6 Å². The van der Waals surface area contributed by atoms with Gasteiger partial charge in [0.2, 0.25) is 0 Å². The Balaban J connectivity index is 2.11. The Morgan fingerprint density at radius 2 is 1.88 bits per heavy atom. The van der Waals surface area contributed by atoms with Gasteiger partial charge in [-0.25, -0.2) is 4.79 Å². The highest BCUT2D eigenvalue weighted by Gasteiger charge is 2.27. The number of carbonyl (C=O) groups excluding carboxylic acids is 2. The van der Waals surface area contributed by atoms with E-state index in [9.17, 15) is 22.8 Å². The van der Waals surface area contributed by atoms with E-state index in [2.05, 4.69) is 15.4 Å². The SMILES string of the molecule is COC(=O)c1coc(C(=O)Nc2ccccc2NCC(F)(F)F)c1. The van der Waals surface area contributed by atoms with Gasteiger partial charge in [0, 0.05) is 6.07 Å². The largest absolute Gasteiger partial charge is 0.465 e. The Morgan fingerprint density at radius 1 is 1.21 bits per heavy atom. The van der Waals surface area contributed by atoms with E-state index in [1.807, 2.05) is 0 Å². The van der Waals surface area contributed by atoms with Crippen molar-refractivity contribution in [3.63, 3.8) is 0 Å². The minimum Gasteiger partial charge on any atom is -0.465 e. The summed E-state index contributed by atoms with van der Waals surface area (Å²) in [6.07, 6.45) is -3.35. The van der Waals surface area contributed by atoms with Crippen LogP contribution in [0, 0.1) is 0 Å². The van der Waals surface area contributed by atoms with E-state index in [0.717, 1.165) is 6.26 Å². The lowest BCUT2D eigenvalue weighted by molar-refractivity contribution is -0.115. The number of nitrogens with one attached hydrogen (secondary N) is 2. The molecule has 0 aliphatic rings. The number of carbonyl (C=O) groups is 2. The molecule has 1 aromatic carbocycles. The number of para-hydroxylation sites is 2. The molecule has 128 valence electrons. The van der Waals surface area contributed by atoms with Gasteiger partial charge in [-0.2, -0.15) is 13.2 Å². The summed E-state index contributed by atoms with van der Waals surface area (Å²) in [5.74, 6) is -1.57. The lowest BCUT2D eigenvalue weighted by atomic mass is 10.2. The van der Waals surface area contributed by atoms with E-state index in [-0.39, 0.29) is 22.7 Å². The molecule has 2 N–H and O–H groups in total. The van der Waals surface area contributed by atoms with Crippen LogP contribution in [0.15, 0.2) is 41.0 Å². The van der Waals surface area contributed by atoms with E-state index in [1.54, 1.807) is 6.07 Å². The molecule has 24 heavy (non-hydrogen) atoms. The van der Waals surface area contributed by atoms with Crippen LogP contribution in [0.5, 0.6) is 0 Å². The van der Waals surface area contributed by atoms with E-state index in [1.165, 1.54) is 31.4 Å². The fourth-order valence-corrected chi connectivity index (χ4v) is 1.81. The second-order valence-electron chi connectivity index (χ2n) is 4.66. The third-order valence-electron chi connectivity index (χ3n) is 2.90. The molecule has 0 unspecified atom stereocenters.